The zero-order valence-corrected chi connectivity index (χ0v) is 18.0. The smallest absolute Gasteiger partial charge is 0.240 e. The van der Waals surface area contributed by atoms with Crippen LogP contribution in [0.1, 0.15) is 10.4 Å². The maximum Gasteiger partial charge on any atom is 0.240 e. The Bertz CT molecular complexity index is 1470. The number of fused-ring (bicyclic) bond motifs is 4. The summed E-state index contributed by atoms with van der Waals surface area (Å²) >= 11 is 0. The largest absolute Gasteiger partial charge is 0.359 e. The minimum Gasteiger partial charge on any atom is -0.359 e. The molecule has 2 saturated heterocycles. The number of carbonyl (C=O) groups excluding carboxylic acids is 3. The maximum atomic E-state index is 13.8. The molecule has 34 heavy (non-hydrogen) atoms. The van der Waals surface area contributed by atoms with Gasteiger partial charge in [0.05, 0.1) is 35.2 Å². The summed E-state index contributed by atoms with van der Waals surface area (Å²) in [4.78, 5) is 44.1. The van der Waals surface area contributed by atoms with Crippen molar-refractivity contribution in [3.63, 3.8) is 0 Å². The Morgan fingerprint density at radius 3 is 2.32 bits per heavy atom. The number of nitrogens with zero attached hydrogens (tertiary/aromatic N) is 3. The van der Waals surface area contributed by atoms with Gasteiger partial charge in [0.15, 0.2) is 5.78 Å². The van der Waals surface area contributed by atoms with E-state index in [9.17, 15) is 19.6 Å². The molecule has 0 aliphatic carbocycles. The first-order valence-corrected chi connectivity index (χ1v) is 11.1. The van der Waals surface area contributed by atoms with Crippen LogP contribution in [0.5, 0.6) is 0 Å². The molecule has 0 bridgehead atoms. The molecule has 4 atom stereocenters. The number of imide groups is 1. The van der Waals surface area contributed by atoms with Gasteiger partial charge in [-0.25, -0.2) is 4.90 Å². The summed E-state index contributed by atoms with van der Waals surface area (Å²) in [5, 5.41) is 11.4. The molecule has 2 fully saturated rings. The normalized spacial score (nSPS) is 25.2. The molecule has 6 rings (SSSR count). The van der Waals surface area contributed by atoms with Crippen LogP contribution in [0.15, 0.2) is 96.7 Å². The number of Topliss-reactive ketones (excluding diaryl/α,β-unsaturated/α-hetero) is 1. The topological polar surface area (TPSA) is 81.5 Å². The molecule has 0 N–H and O–H groups in total. The van der Waals surface area contributed by atoms with Crippen LogP contribution in [0.4, 0.5) is 5.69 Å². The van der Waals surface area contributed by atoms with Crippen molar-refractivity contribution in [1.29, 1.82) is 5.26 Å². The van der Waals surface area contributed by atoms with Gasteiger partial charge in [-0.3, -0.25) is 14.4 Å². The molecule has 6 heteroatoms. The summed E-state index contributed by atoms with van der Waals surface area (Å²) in [7, 11) is 0. The van der Waals surface area contributed by atoms with Crippen molar-refractivity contribution in [2.45, 2.75) is 12.1 Å². The van der Waals surface area contributed by atoms with E-state index in [0.29, 0.717) is 16.8 Å². The maximum absolute atomic E-state index is 13.8. The fraction of sp³-hybridized carbons (Fsp3) is 0.143. The van der Waals surface area contributed by atoms with E-state index in [4.69, 9.17) is 0 Å². The Kier molecular flexibility index (Phi) is 4.46. The van der Waals surface area contributed by atoms with E-state index in [-0.39, 0.29) is 17.6 Å². The lowest BCUT2D eigenvalue weighted by Gasteiger charge is -2.32. The predicted molar refractivity (Wildman–Crippen MR) is 126 cm³/mol. The number of anilines is 1. The molecule has 3 heterocycles. The van der Waals surface area contributed by atoms with Gasteiger partial charge in [0.25, 0.3) is 0 Å². The second kappa shape index (κ2) is 7.53. The number of ketones is 1. The van der Waals surface area contributed by atoms with Crippen LogP contribution in [-0.4, -0.2) is 34.6 Å². The van der Waals surface area contributed by atoms with Gasteiger partial charge in [-0.1, -0.05) is 60.7 Å². The number of hydrogen-bond acceptors (Lipinski definition) is 5. The van der Waals surface area contributed by atoms with Crippen molar-refractivity contribution in [1.82, 2.24) is 4.90 Å². The average molecular weight is 445 g/mol. The summed E-state index contributed by atoms with van der Waals surface area (Å²) in [5.41, 5.74) is 1.40. The average Bonchev–Trinajstić information content (AvgIpc) is 3.35. The second-order valence-electron chi connectivity index (χ2n) is 8.76. The van der Waals surface area contributed by atoms with Crippen molar-refractivity contribution in [2.75, 3.05) is 4.90 Å². The summed E-state index contributed by atoms with van der Waals surface area (Å²) in [6, 6.07) is 22.8. The Morgan fingerprint density at radius 1 is 0.853 bits per heavy atom. The molecule has 3 aliphatic heterocycles. The highest BCUT2D eigenvalue weighted by molar-refractivity contribution is 6.25. The second-order valence-corrected chi connectivity index (χ2v) is 8.76. The highest BCUT2D eigenvalue weighted by Crippen LogP contribution is 2.47. The molecule has 0 unspecified atom stereocenters. The van der Waals surface area contributed by atoms with Crippen LogP contribution in [-0.2, 0) is 9.59 Å². The van der Waals surface area contributed by atoms with E-state index in [1.807, 2.05) is 42.5 Å². The van der Waals surface area contributed by atoms with Gasteiger partial charge in [0, 0.05) is 11.8 Å². The number of rotatable bonds is 3. The first kappa shape index (κ1) is 20.1. The lowest BCUT2D eigenvalue weighted by atomic mass is 9.86. The molecule has 3 aromatic carbocycles. The van der Waals surface area contributed by atoms with E-state index < -0.39 is 23.9 Å². The van der Waals surface area contributed by atoms with E-state index >= 15 is 0 Å². The van der Waals surface area contributed by atoms with Crippen molar-refractivity contribution in [2.24, 2.45) is 11.8 Å². The molecule has 0 spiro atoms. The minimum atomic E-state index is -0.837. The molecular weight excluding hydrogens is 426 g/mol. The third-order valence-electron chi connectivity index (χ3n) is 7.00. The first-order valence-electron chi connectivity index (χ1n) is 11.1. The van der Waals surface area contributed by atoms with Gasteiger partial charge < -0.3 is 4.90 Å². The lowest BCUT2D eigenvalue weighted by Crippen LogP contribution is -2.46. The number of nitriles is 1. The zero-order chi connectivity index (χ0) is 23.4. The van der Waals surface area contributed by atoms with Gasteiger partial charge >= 0.3 is 0 Å². The Labute approximate surface area is 196 Å². The van der Waals surface area contributed by atoms with Gasteiger partial charge in [-0.15, -0.1) is 0 Å². The highest BCUT2D eigenvalue weighted by atomic mass is 16.2. The molecule has 164 valence electrons. The molecule has 0 saturated carbocycles. The van der Waals surface area contributed by atoms with Gasteiger partial charge in [0.1, 0.15) is 6.04 Å². The van der Waals surface area contributed by atoms with E-state index in [0.717, 1.165) is 10.8 Å². The van der Waals surface area contributed by atoms with E-state index in [1.165, 1.54) is 4.90 Å². The standard InChI is InChI=1S/C28H19N3O3/c29-16-17-12-13-30-22(14-17)23-24(25(30)26(32)19-7-2-1-3-8-19)28(34)31(27(23)33)21-11-10-18-6-4-5-9-20(18)15-21/h1-15,22-25H/t22-,23-,24-,25+/m1/s1. The molecule has 6 nitrogen and oxygen atoms in total. The van der Waals surface area contributed by atoms with Crippen LogP contribution in [0.3, 0.4) is 0 Å². The summed E-state index contributed by atoms with van der Waals surface area (Å²) in [5.74, 6) is -2.51. The quantitative estimate of drug-likeness (QED) is 0.452. The van der Waals surface area contributed by atoms with Crippen LogP contribution >= 0.6 is 0 Å². The van der Waals surface area contributed by atoms with Gasteiger partial charge in [-0.05, 0) is 35.1 Å². The number of hydrogen-bond donors (Lipinski definition) is 0. The monoisotopic (exact) mass is 445 g/mol. The summed E-state index contributed by atoms with van der Waals surface area (Å²) in [6.07, 6.45) is 5.00. The predicted octanol–water partition coefficient (Wildman–Crippen LogP) is 3.86. The Morgan fingerprint density at radius 2 is 1.56 bits per heavy atom. The third kappa shape index (κ3) is 2.84. The van der Waals surface area contributed by atoms with Crippen LogP contribution in [0.25, 0.3) is 10.8 Å². The van der Waals surface area contributed by atoms with Crippen LogP contribution in [0, 0.1) is 23.2 Å². The van der Waals surface area contributed by atoms with Gasteiger partial charge in [0.2, 0.25) is 11.8 Å². The van der Waals surface area contributed by atoms with Gasteiger partial charge in [-0.2, -0.15) is 5.26 Å². The highest BCUT2D eigenvalue weighted by Gasteiger charge is 2.63. The molecule has 0 aromatic heterocycles. The van der Waals surface area contributed by atoms with E-state index in [2.05, 4.69) is 6.07 Å². The Balaban J connectivity index is 1.46. The molecule has 2 amide bonds. The van der Waals surface area contributed by atoms with Crippen molar-refractivity contribution in [3.8, 4) is 6.07 Å². The number of carbonyl (C=O) groups is 3. The van der Waals surface area contributed by atoms with Crippen molar-refractivity contribution >= 4 is 34.1 Å². The molecule has 3 aliphatic rings. The molecule has 3 aromatic rings. The van der Waals surface area contributed by atoms with E-state index in [1.54, 1.807) is 53.6 Å². The minimum absolute atomic E-state index is 0.210. The fourth-order valence-electron chi connectivity index (χ4n) is 5.46. The number of benzene rings is 3. The SMILES string of the molecule is N#CC1=C[C@@H]2[C@H]3C(=O)N(c4ccc5ccccc5c4)C(=O)[C@H]3[C@@H](C(=O)c3ccccc3)N2C=C1. The number of allylic oxidation sites excluding steroid dienone is 2. The lowest BCUT2D eigenvalue weighted by molar-refractivity contribution is -0.123. The molecule has 0 radical (unpaired) electrons. The fourth-order valence-corrected chi connectivity index (χ4v) is 5.46. The zero-order valence-electron chi connectivity index (χ0n) is 18.0. The summed E-state index contributed by atoms with van der Waals surface area (Å²) in [6.45, 7) is 0. The number of amides is 2. The summed E-state index contributed by atoms with van der Waals surface area (Å²) < 4.78 is 0. The van der Waals surface area contributed by atoms with Crippen LogP contribution < -0.4 is 4.90 Å². The molecular formula is C28H19N3O3. The Hall–Kier alpha value is -4.50. The first-order chi connectivity index (χ1) is 16.6. The third-order valence-corrected chi connectivity index (χ3v) is 7.00. The van der Waals surface area contributed by atoms with Crippen LogP contribution in [0.2, 0.25) is 0 Å². The van der Waals surface area contributed by atoms with Crippen molar-refractivity contribution in [3.05, 3.63) is 102 Å². The van der Waals surface area contributed by atoms with Crippen molar-refractivity contribution < 1.29 is 14.4 Å².